The lowest BCUT2D eigenvalue weighted by atomic mass is 10.2. The van der Waals surface area contributed by atoms with Crippen molar-refractivity contribution in [3.63, 3.8) is 0 Å². The maximum atomic E-state index is 12.6. The molecule has 112 valence electrons. The van der Waals surface area contributed by atoms with Gasteiger partial charge < -0.3 is 9.84 Å². The van der Waals surface area contributed by atoms with Gasteiger partial charge in [0.15, 0.2) is 6.10 Å². The van der Waals surface area contributed by atoms with Crippen LogP contribution in [-0.4, -0.2) is 49.6 Å². The number of sulfonamides is 1. The summed E-state index contributed by atoms with van der Waals surface area (Å²) in [5, 5.41) is 17.8. The van der Waals surface area contributed by atoms with Gasteiger partial charge in [-0.3, -0.25) is 0 Å². The van der Waals surface area contributed by atoms with E-state index in [-0.39, 0.29) is 30.2 Å². The fourth-order valence-electron chi connectivity index (χ4n) is 2.08. The first-order valence-corrected chi connectivity index (χ1v) is 7.65. The normalized spacial score (nSPS) is 19.9. The van der Waals surface area contributed by atoms with E-state index in [1.807, 2.05) is 6.07 Å². The van der Waals surface area contributed by atoms with Gasteiger partial charge in [-0.25, -0.2) is 13.2 Å². The number of aryl methyl sites for hydroxylation is 1. The second-order valence-electron chi connectivity index (χ2n) is 4.65. The summed E-state index contributed by atoms with van der Waals surface area (Å²) in [5.41, 5.74) is 0.745. The second kappa shape index (κ2) is 5.81. The molecule has 7 nitrogen and oxygen atoms in total. The van der Waals surface area contributed by atoms with Gasteiger partial charge in [0.2, 0.25) is 10.0 Å². The number of carbonyl (C=O) groups is 1. The molecule has 0 aromatic heterocycles. The molecule has 0 amide bonds. The van der Waals surface area contributed by atoms with Crippen molar-refractivity contribution in [2.75, 3.05) is 19.7 Å². The van der Waals surface area contributed by atoms with E-state index in [1.54, 1.807) is 13.0 Å². The summed E-state index contributed by atoms with van der Waals surface area (Å²) in [5.74, 6) is -1.20. The number of ether oxygens (including phenoxy) is 1. The minimum atomic E-state index is -3.85. The number of hydrogen-bond donors (Lipinski definition) is 1. The maximum Gasteiger partial charge on any atom is 0.334 e. The number of carboxylic acid groups (broad SMARTS) is 1. The van der Waals surface area contributed by atoms with Gasteiger partial charge in [-0.05, 0) is 24.6 Å². The number of rotatable bonds is 3. The molecule has 21 heavy (non-hydrogen) atoms. The number of aliphatic carboxylic acids is 1. The van der Waals surface area contributed by atoms with Gasteiger partial charge in [0.25, 0.3) is 0 Å². The van der Waals surface area contributed by atoms with Crippen LogP contribution in [0.2, 0.25) is 0 Å². The average molecular weight is 310 g/mol. The number of carboxylic acids is 1. The van der Waals surface area contributed by atoms with Crippen molar-refractivity contribution in [3.05, 3.63) is 29.3 Å². The molecule has 0 saturated carbocycles. The van der Waals surface area contributed by atoms with Crippen LogP contribution in [-0.2, 0) is 19.6 Å². The molecule has 1 saturated heterocycles. The maximum absolute atomic E-state index is 12.6. The second-order valence-corrected chi connectivity index (χ2v) is 6.56. The molecule has 1 unspecified atom stereocenters. The Kier molecular flexibility index (Phi) is 4.27. The predicted molar refractivity (Wildman–Crippen MR) is 72.0 cm³/mol. The topological polar surface area (TPSA) is 108 Å². The molecule has 0 aliphatic carbocycles. The summed E-state index contributed by atoms with van der Waals surface area (Å²) in [6, 6.07) is 6.29. The third-order valence-corrected chi connectivity index (χ3v) is 5.25. The zero-order valence-corrected chi connectivity index (χ0v) is 12.1. The zero-order valence-electron chi connectivity index (χ0n) is 11.3. The van der Waals surface area contributed by atoms with Crippen LogP contribution in [0.5, 0.6) is 0 Å². The lowest BCUT2D eigenvalue weighted by Crippen LogP contribution is -2.48. The van der Waals surface area contributed by atoms with Crippen LogP contribution >= 0.6 is 0 Å². The largest absolute Gasteiger partial charge is 0.479 e. The van der Waals surface area contributed by atoms with Crippen molar-refractivity contribution in [1.29, 1.82) is 5.26 Å². The summed E-state index contributed by atoms with van der Waals surface area (Å²) in [6.07, 6.45) is -1.17. The van der Waals surface area contributed by atoms with Crippen molar-refractivity contribution in [2.24, 2.45) is 0 Å². The van der Waals surface area contributed by atoms with Crippen molar-refractivity contribution < 1.29 is 23.1 Å². The van der Waals surface area contributed by atoms with E-state index >= 15 is 0 Å². The molecule has 1 aliphatic heterocycles. The molecular weight excluding hydrogens is 296 g/mol. The Hall–Kier alpha value is -1.95. The van der Waals surface area contributed by atoms with Crippen LogP contribution in [0.3, 0.4) is 0 Å². The molecule has 1 aliphatic rings. The highest BCUT2D eigenvalue weighted by Crippen LogP contribution is 2.23. The van der Waals surface area contributed by atoms with Gasteiger partial charge in [0.05, 0.1) is 29.7 Å². The molecule has 1 atom stereocenters. The average Bonchev–Trinajstić information content (AvgIpc) is 2.47. The van der Waals surface area contributed by atoms with E-state index in [1.165, 1.54) is 12.1 Å². The van der Waals surface area contributed by atoms with Crippen molar-refractivity contribution in [3.8, 4) is 6.07 Å². The van der Waals surface area contributed by atoms with E-state index in [4.69, 9.17) is 15.1 Å². The fraction of sp³-hybridized carbons (Fsp3) is 0.385. The highest BCUT2D eigenvalue weighted by molar-refractivity contribution is 7.89. The third-order valence-electron chi connectivity index (χ3n) is 3.24. The lowest BCUT2D eigenvalue weighted by molar-refractivity contribution is -0.153. The van der Waals surface area contributed by atoms with Crippen LogP contribution in [0, 0.1) is 18.3 Å². The molecule has 8 heteroatoms. The number of morpholine rings is 1. The number of hydrogen-bond acceptors (Lipinski definition) is 5. The molecule has 2 rings (SSSR count). The number of nitrogens with zero attached hydrogens (tertiary/aromatic N) is 2. The first kappa shape index (κ1) is 15.4. The molecular formula is C13H14N2O5S. The van der Waals surface area contributed by atoms with Gasteiger partial charge in [-0.2, -0.15) is 9.57 Å². The standard InChI is InChI=1S/C13H14N2O5S/c1-9-2-3-10(7-14)6-12(9)21(18,19)15-4-5-20-11(8-15)13(16)17/h2-3,6,11H,4-5,8H2,1H3,(H,16,17). The summed E-state index contributed by atoms with van der Waals surface area (Å²) in [7, 11) is -3.85. The third kappa shape index (κ3) is 3.05. The highest BCUT2D eigenvalue weighted by atomic mass is 32.2. The van der Waals surface area contributed by atoms with Crippen molar-refractivity contribution >= 4 is 16.0 Å². The molecule has 1 heterocycles. The van der Waals surface area contributed by atoms with E-state index in [9.17, 15) is 13.2 Å². The summed E-state index contributed by atoms with van der Waals surface area (Å²) < 4.78 is 31.3. The summed E-state index contributed by atoms with van der Waals surface area (Å²) in [6.45, 7) is 1.49. The molecule has 0 radical (unpaired) electrons. The van der Waals surface area contributed by atoms with Crippen LogP contribution in [0.15, 0.2) is 23.1 Å². The smallest absolute Gasteiger partial charge is 0.334 e. The number of nitriles is 1. The van der Waals surface area contributed by atoms with Gasteiger partial charge in [-0.1, -0.05) is 6.07 Å². The molecule has 1 aromatic rings. The highest BCUT2D eigenvalue weighted by Gasteiger charge is 2.34. The Balaban J connectivity index is 2.38. The van der Waals surface area contributed by atoms with Crippen LogP contribution in [0.4, 0.5) is 0 Å². The molecule has 1 fully saturated rings. The number of benzene rings is 1. The van der Waals surface area contributed by atoms with Gasteiger partial charge in [-0.15, -0.1) is 0 Å². The molecule has 1 aromatic carbocycles. The monoisotopic (exact) mass is 310 g/mol. The van der Waals surface area contributed by atoms with Crippen molar-refractivity contribution in [2.45, 2.75) is 17.9 Å². The van der Waals surface area contributed by atoms with Gasteiger partial charge in [0, 0.05) is 6.54 Å². The van der Waals surface area contributed by atoms with Crippen LogP contribution in [0.1, 0.15) is 11.1 Å². The Morgan fingerprint density at radius 3 is 2.86 bits per heavy atom. The predicted octanol–water partition coefficient (Wildman–Crippen LogP) is 0.341. The zero-order chi connectivity index (χ0) is 15.6. The fourth-order valence-corrected chi connectivity index (χ4v) is 3.76. The van der Waals surface area contributed by atoms with E-state index in [0.29, 0.717) is 5.56 Å². The van der Waals surface area contributed by atoms with Crippen molar-refractivity contribution in [1.82, 2.24) is 4.31 Å². The van der Waals surface area contributed by atoms with E-state index < -0.39 is 22.1 Å². The van der Waals surface area contributed by atoms with Gasteiger partial charge >= 0.3 is 5.97 Å². The quantitative estimate of drug-likeness (QED) is 0.862. The summed E-state index contributed by atoms with van der Waals surface area (Å²) >= 11 is 0. The summed E-state index contributed by atoms with van der Waals surface area (Å²) in [4.78, 5) is 11.0. The van der Waals surface area contributed by atoms with Crippen LogP contribution in [0.25, 0.3) is 0 Å². The van der Waals surface area contributed by atoms with E-state index in [0.717, 1.165) is 4.31 Å². The molecule has 0 spiro atoms. The van der Waals surface area contributed by atoms with E-state index in [2.05, 4.69) is 0 Å². The molecule has 1 N–H and O–H groups in total. The minimum absolute atomic E-state index is 0.0209. The Morgan fingerprint density at radius 2 is 2.24 bits per heavy atom. The first-order valence-electron chi connectivity index (χ1n) is 6.21. The minimum Gasteiger partial charge on any atom is -0.479 e. The van der Waals surface area contributed by atoms with Crippen LogP contribution < -0.4 is 0 Å². The Labute approximate surface area is 122 Å². The Morgan fingerprint density at radius 1 is 1.52 bits per heavy atom. The molecule has 0 bridgehead atoms. The van der Waals surface area contributed by atoms with Gasteiger partial charge in [0.1, 0.15) is 0 Å². The SMILES string of the molecule is Cc1ccc(C#N)cc1S(=O)(=O)N1CCOC(C(=O)O)C1. The first-order chi connectivity index (χ1) is 9.86. The Bertz CT molecular complexity index is 708. The lowest BCUT2D eigenvalue weighted by Gasteiger charge is -2.30.